The summed E-state index contributed by atoms with van der Waals surface area (Å²) in [7, 11) is 3.15. The normalized spacial score (nSPS) is 17.9. The quantitative estimate of drug-likeness (QED) is 0.144. The van der Waals surface area contributed by atoms with E-state index in [0.29, 0.717) is 5.56 Å². The van der Waals surface area contributed by atoms with Gasteiger partial charge < -0.3 is 14.2 Å². The highest BCUT2D eigenvalue weighted by Crippen LogP contribution is 2.46. The van der Waals surface area contributed by atoms with Gasteiger partial charge in [-0.2, -0.15) is 0 Å². The third-order valence-corrected chi connectivity index (χ3v) is 9.59. The van der Waals surface area contributed by atoms with Crippen LogP contribution in [0.1, 0.15) is 137 Å². The molecule has 0 aliphatic carbocycles. The minimum absolute atomic E-state index is 0.145. The Hall–Kier alpha value is -2.75. The van der Waals surface area contributed by atoms with Crippen molar-refractivity contribution in [2.45, 2.75) is 125 Å². The average Bonchev–Trinajstić information content (AvgIpc) is 2.98. The van der Waals surface area contributed by atoms with E-state index in [9.17, 15) is 4.79 Å². The number of ether oxygens (including phenoxy) is 3. The molecule has 0 spiro atoms. The molecule has 0 fully saturated rings. The molecule has 2 aromatic carbocycles. The summed E-state index contributed by atoms with van der Waals surface area (Å²) in [6, 6.07) is 7.46. The van der Waals surface area contributed by atoms with Crippen LogP contribution in [0.25, 0.3) is 12.2 Å². The zero-order chi connectivity index (χ0) is 31.6. The van der Waals surface area contributed by atoms with E-state index in [1.54, 1.807) is 19.2 Å². The third kappa shape index (κ3) is 9.88. The minimum atomic E-state index is -0.326. The largest absolute Gasteiger partial charge is 0.496 e. The Morgan fingerprint density at radius 1 is 0.884 bits per heavy atom. The van der Waals surface area contributed by atoms with Crippen molar-refractivity contribution in [3.05, 3.63) is 57.6 Å². The third-order valence-electron chi connectivity index (χ3n) is 9.59. The molecule has 4 heteroatoms. The number of benzene rings is 2. The van der Waals surface area contributed by atoms with E-state index in [0.717, 1.165) is 65.2 Å². The number of rotatable bonds is 16. The number of fused-ring (bicyclic) bond motifs is 1. The van der Waals surface area contributed by atoms with Gasteiger partial charge in [0.05, 0.1) is 19.8 Å². The molecule has 0 saturated carbocycles. The summed E-state index contributed by atoms with van der Waals surface area (Å²) in [4.78, 5) is 11.8. The van der Waals surface area contributed by atoms with Crippen LogP contribution in [0.2, 0.25) is 0 Å². The molecule has 3 rings (SSSR count). The van der Waals surface area contributed by atoms with Gasteiger partial charge >= 0.3 is 5.97 Å². The van der Waals surface area contributed by atoms with E-state index in [2.05, 4.69) is 60.6 Å². The predicted molar refractivity (Wildman–Crippen MR) is 181 cm³/mol. The lowest BCUT2D eigenvalue weighted by atomic mass is 9.83. The van der Waals surface area contributed by atoms with Crippen LogP contribution in [-0.4, -0.2) is 25.8 Å². The number of carbonyl (C=O) groups excluding carboxylic acids is 1. The fraction of sp³-hybridized carbons (Fsp3) is 0.615. The van der Waals surface area contributed by atoms with Gasteiger partial charge in [-0.1, -0.05) is 96.9 Å². The molecular formula is C39H58O4. The number of esters is 1. The van der Waals surface area contributed by atoms with E-state index < -0.39 is 0 Å². The lowest BCUT2D eigenvalue weighted by molar-refractivity contribution is 0.0513. The van der Waals surface area contributed by atoms with Gasteiger partial charge in [0.2, 0.25) is 0 Å². The summed E-state index contributed by atoms with van der Waals surface area (Å²) in [6.07, 6.45) is 18.0. The minimum Gasteiger partial charge on any atom is -0.496 e. The van der Waals surface area contributed by atoms with Crippen LogP contribution in [0.5, 0.6) is 11.5 Å². The monoisotopic (exact) mass is 590 g/mol. The van der Waals surface area contributed by atoms with Gasteiger partial charge in [0.15, 0.2) is 0 Å². The van der Waals surface area contributed by atoms with Crippen molar-refractivity contribution < 1.29 is 19.0 Å². The molecule has 1 heterocycles. The van der Waals surface area contributed by atoms with Gasteiger partial charge in [0.1, 0.15) is 17.1 Å². The van der Waals surface area contributed by atoms with Crippen molar-refractivity contribution in [3.63, 3.8) is 0 Å². The number of carbonyl (C=O) groups is 1. The SMILES string of the molecule is COC(=O)c1ccc(C=Cc2c3c(c(C)c(C)c2OC)OC(C)(CCCC(C)CCCC(C)CCCC(C)C)CC3)cc1. The molecule has 0 radical (unpaired) electrons. The molecular weight excluding hydrogens is 532 g/mol. The molecule has 0 aromatic heterocycles. The van der Waals surface area contributed by atoms with Gasteiger partial charge in [-0.15, -0.1) is 0 Å². The maximum atomic E-state index is 11.8. The van der Waals surface area contributed by atoms with Gasteiger partial charge in [-0.3, -0.25) is 0 Å². The summed E-state index contributed by atoms with van der Waals surface area (Å²) in [5, 5.41) is 0. The van der Waals surface area contributed by atoms with Crippen molar-refractivity contribution >= 4 is 18.1 Å². The maximum Gasteiger partial charge on any atom is 0.337 e. The number of methoxy groups -OCH3 is 2. The summed E-state index contributed by atoms with van der Waals surface area (Å²) in [5.41, 5.74) is 6.03. The van der Waals surface area contributed by atoms with Gasteiger partial charge in [0, 0.05) is 11.1 Å². The highest BCUT2D eigenvalue weighted by molar-refractivity contribution is 5.89. The van der Waals surface area contributed by atoms with E-state index in [-0.39, 0.29) is 11.6 Å². The Kier molecular flexibility index (Phi) is 13.2. The highest BCUT2D eigenvalue weighted by Gasteiger charge is 2.34. The van der Waals surface area contributed by atoms with Crippen molar-refractivity contribution in [2.24, 2.45) is 17.8 Å². The van der Waals surface area contributed by atoms with Crippen LogP contribution in [0.4, 0.5) is 0 Å². The van der Waals surface area contributed by atoms with Gasteiger partial charge in [-0.05, 0) is 93.0 Å². The van der Waals surface area contributed by atoms with Crippen molar-refractivity contribution in [2.75, 3.05) is 14.2 Å². The standard InChI is InChI=1S/C39H58O4/c1-27(2)13-10-14-28(3)15-11-16-29(4)17-12-25-39(7)26-24-35-34(36(41-8)30(5)31(6)37(35)43-39)23-20-32-18-21-33(22-19-32)38(40)42-9/h18-23,27-29H,10-17,24-26H2,1-9H3. The van der Waals surface area contributed by atoms with Crippen LogP contribution in [0, 0.1) is 31.6 Å². The first-order valence-electron chi connectivity index (χ1n) is 16.7. The fourth-order valence-electron chi connectivity index (χ4n) is 6.55. The zero-order valence-electron chi connectivity index (χ0n) is 28.6. The van der Waals surface area contributed by atoms with Crippen molar-refractivity contribution in [1.82, 2.24) is 0 Å². The number of hydrogen-bond donors (Lipinski definition) is 0. The Morgan fingerprint density at radius 3 is 2.07 bits per heavy atom. The van der Waals surface area contributed by atoms with Crippen LogP contribution < -0.4 is 9.47 Å². The lowest BCUT2D eigenvalue weighted by Gasteiger charge is -2.38. The molecule has 238 valence electrons. The summed E-state index contributed by atoms with van der Waals surface area (Å²) in [6.45, 7) is 16.1. The molecule has 4 nitrogen and oxygen atoms in total. The summed E-state index contributed by atoms with van der Waals surface area (Å²) in [5.74, 6) is 4.08. The maximum absolute atomic E-state index is 11.8. The van der Waals surface area contributed by atoms with Gasteiger partial charge in [-0.25, -0.2) is 4.79 Å². The van der Waals surface area contributed by atoms with Crippen LogP contribution in [0.15, 0.2) is 24.3 Å². The first-order valence-corrected chi connectivity index (χ1v) is 16.7. The van der Waals surface area contributed by atoms with Crippen LogP contribution in [-0.2, 0) is 11.2 Å². The molecule has 0 amide bonds. The van der Waals surface area contributed by atoms with E-state index in [1.807, 2.05) is 12.1 Å². The smallest absolute Gasteiger partial charge is 0.337 e. The Bertz CT molecular complexity index is 1210. The molecule has 0 saturated heterocycles. The number of hydrogen-bond acceptors (Lipinski definition) is 4. The van der Waals surface area contributed by atoms with Crippen LogP contribution in [0.3, 0.4) is 0 Å². The molecule has 43 heavy (non-hydrogen) atoms. The Labute approximate surface area is 262 Å². The zero-order valence-corrected chi connectivity index (χ0v) is 28.6. The first kappa shape index (κ1) is 34.7. The molecule has 0 bridgehead atoms. The van der Waals surface area contributed by atoms with Crippen molar-refractivity contribution in [1.29, 1.82) is 0 Å². The second kappa shape index (κ2) is 16.4. The van der Waals surface area contributed by atoms with E-state index >= 15 is 0 Å². The van der Waals surface area contributed by atoms with Crippen LogP contribution >= 0.6 is 0 Å². The lowest BCUT2D eigenvalue weighted by Crippen LogP contribution is -2.37. The molecule has 3 atom stereocenters. The Balaban J connectivity index is 1.61. The molecule has 1 aliphatic rings. The average molecular weight is 591 g/mol. The summed E-state index contributed by atoms with van der Waals surface area (Å²) >= 11 is 0. The predicted octanol–water partition coefficient (Wildman–Crippen LogP) is 10.8. The molecule has 2 aromatic rings. The van der Waals surface area contributed by atoms with Crippen molar-refractivity contribution in [3.8, 4) is 11.5 Å². The molecule has 3 unspecified atom stereocenters. The fourth-order valence-corrected chi connectivity index (χ4v) is 6.55. The second-order valence-corrected chi connectivity index (χ2v) is 13.9. The van der Waals surface area contributed by atoms with E-state index in [4.69, 9.17) is 14.2 Å². The van der Waals surface area contributed by atoms with Gasteiger partial charge in [0.25, 0.3) is 0 Å². The Morgan fingerprint density at radius 2 is 1.49 bits per heavy atom. The summed E-state index contributed by atoms with van der Waals surface area (Å²) < 4.78 is 17.6. The molecule has 0 N–H and O–H groups in total. The topological polar surface area (TPSA) is 44.8 Å². The van der Waals surface area contributed by atoms with E-state index in [1.165, 1.54) is 69.6 Å². The molecule has 1 aliphatic heterocycles. The first-order chi connectivity index (χ1) is 20.5. The highest BCUT2D eigenvalue weighted by atomic mass is 16.5. The second-order valence-electron chi connectivity index (χ2n) is 13.9.